The van der Waals surface area contributed by atoms with Crippen LogP contribution in [0.4, 0.5) is 0 Å². The van der Waals surface area contributed by atoms with Crippen molar-refractivity contribution in [2.24, 2.45) is 0 Å². The van der Waals surface area contributed by atoms with Crippen LogP contribution in [0.2, 0.25) is 0 Å². The lowest BCUT2D eigenvalue weighted by molar-refractivity contribution is 0.0639. The molecule has 0 aliphatic carbocycles. The van der Waals surface area contributed by atoms with Crippen LogP contribution in [-0.2, 0) is 4.74 Å². The molecule has 1 fully saturated rings. The van der Waals surface area contributed by atoms with Gasteiger partial charge in [0.1, 0.15) is 0 Å². The molecule has 0 amide bonds. The van der Waals surface area contributed by atoms with E-state index in [0.717, 1.165) is 32.7 Å². The maximum absolute atomic E-state index is 5.39. The fourth-order valence-electron chi connectivity index (χ4n) is 2.04. The van der Waals surface area contributed by atoms with E-state index < -0.39 is 0 Å². The van der Waals surface area contributed by atoms with Crippen molar-refractivity contribution in [3.05, 3.63) is 42.0 Å². The first-order chi connectivity index (χ1) is 7.92. The summed E-state index contributed by atoms with van der Waals surface area (Å²) in [4.78, 5) is 2.42. The molecule has 0 spiro atoms. The summed E-state index contributed by atoms with van der Waals surface area (Å²) >= 11 is 0. The Hall–Kier alpha value is -1.28. The number of allylic oxidation sites excluding steroid dienone is 1. The number of rotatable bonds is 3. The first-order valence-electron chi connectivity index (χ1n) is 6.00. The Morgan fingerprint density at radius 1 is 1.25 bits per heavy atom. The summed E-state index contributed by atoms with van der Waals surface area (Å²) < 4.78 is 5.39. The van der Waals surface area contributed by atoms with Gasteiger partial charge in [0.25, 0.3) is 0 Å². The standard InChI is InChI=1S/C14H19NO/c1-2-6-14(13-7-4-3-5-8-13)15-9-11-16-12-10-15/h3-8H,2,9-12H2,1H3. The monoisotopic (exact) mass is 217 g/mol. The maximum atomic E-state index is 5.39. The minimum atomic E-state index is 0.841. The quantitative estimate of drug-likeness (QED) is 0.772. The number of ether oxygens (including phenoxy) is 1. The van der Waals surface area contributed by atoms with E-state index in [2.05, 4.69) is 48.2 Å². The highest BCUT2D eigenvalue weighted by Gasteiger charge is 2.14. The maximum Gasteiger partial charge on any atom is 0.0642 e. The van der Waals surface area contributed by atoms with Crippen molar-refractivity contribution in [3.63, 3.8) is 0 Å². The average Bonchev–Trinajstić information content (AvgIpc) is 2.38. The van der Waals surface area contributed by atoms with Gasteiger partial charge in [-0.1, -0.05) is 43.3 Å². The largest absolute Gasteiger partial charge is 0.378 e. The van der Waals surface area contributed by atoms with E-state index in [-0.39, 0.29) is 0 Å². The van der Waals surface area contributed by atoms with Crippen molar-refractivity contribution in [2.45, 2.75) is 13.3 Å². The van der Waals surface area contributed by atoms with Crippen LogP contribution in [-0.4, -0.2) is 31.2 Å². The van der Waals surface area contributed by atoms with E-state index >= 15 is 0 Å². The summed E-state index contributed by atoms with van der Waals surface area (Å²) in [5.74, 6) is 0. The number of hydrogen-bond donors (Lipinski definition) is 0. The molecule has 0 atom stereocenters. The molecule has 0 bridgehead atoms. The van der Waals surface area contributed by atoms with Gasteiger partial charge in [-0.25, -0.2) is 0 Å². The van der Waals surface area contributed by atoms with Gasteiger partial charge in [-0.3, -0.25) is 0 Å². The van der Waals surface area contributed by atoms with Crippen LogP contribution in [0.3, 0.4) is 0 Å². The van der Waals surface area contributed by atoms with Crippen molar-refractivity contribution in [2.75, 3.05) is 26.3 Å². The molecule has 1 aromatic rings. The Balaban J connectivity index is 2.20. The molecule has 1 heterocycles. The molecule has 2 heteroatoms. The topological polar surface area (TPSA) is 12.5 Å². The Bertz CT molecular complexity index is 339. The SMILES string of the molecule is CCC=C(c1ccccc1)N1CCOCC1. The third-order valence-corrected chi connectivity index (χ3v) is 2.82. The summed E-state index contributed by atoms with van der Waals surface area (Å²) in [6, 6.07) is 10.6. The fraction of sp³-hybridized carbons (Fsp3) is 0.429. The molecule has 0 saturated carbocycles. The van der Waals surface area contributed by atoms with Gasteiger partial charge in [-0.15, -0.1) is 0 Å². The van der Waals surface area contributed by atoms with Crippen molar-refractivity contribution in [1.82, 2.24) is 4.90 Å². The molecule has 2 rings (SSSR count). The van der Waals surface area contributed by atoms with Gasteiger partial charge in [0.15, 0.2) is 0 Å². The lowest BCUT2D eigenvalue weighted by Crippen LogP contribution is -2.34. The second kappa shape index (κ2) is 5.71. The lowest BCUT2D eigenvalue weighted by Gasteiger charge is -2.31. The van der Waals surface area contributed by atoms with Crippen LogP contribution < -0.4 is 0 Å². The average molecular weight is 217 g/mol. The second-order valence-electron chi connectivity index (χ2n) is 3.96. The molecule has 1 saturated heterocycles. The van der Waals surface area contributed by atoms with Gasteiger partial charge >= 0.3 is 0 Å². The highest BCUT2D eigenvalue weighted by molar-refractivity contribution is 5.64. The summed E-state index contributed by atoms with van der Waals surface area (Å²) in [5, 5.41) is 0. The predicted molar refractivity (Wildman–Crippen MR) is 67.1 cm³/mol. The van der Waals surface area contributed by atoms with Gasteiger partial charge in [-0.05, 0) is 12.0 Å². The Morgan fingerprint density at radius 2 is 1.94 bits per heavy atom. The summed E-state index contributed by atoms with van der Waals surface area (Å²) in [7, 11) is 0. The zero-order chi connectivity index (χ0) is 11.2. The van der Waals surface area contributed by atoms with Crippen molar-refractivity contribution in [3.8, 4) is 0 Å². The molecule has 16 heavy (non-hydrogen) atoms. The van der Waals surface area contributed by atoms with Gasteiger partial charge in [0.05, 0.1) is 13.2 Å². The minimum absolute atomic E-state index is 0.841. The van der Waals surface area contributed by atoms with Gasteiger partial charge in [0, 0.05) is 18.8 Å². The van der Waals surface area contributed by atoms with Crippen molar-refractivity contribution < 1.29 is 4.74 Å². The second-order valence-corrected chi connectivity index (χ2v) is 3.96. The molecule has 0 N–H and O–H groups in total. The lowest BCUT2D eigenvalue weighted by atomic mass is 10.1. The molecular formula is C14H19NO. The summed E-state index contributed by atoms with van der Waals surface area (Å²) in [6.45, 7) is 5.87. The number of hydrogen-bond acceptors (Lipinski definition) is 2. The highest BCUT2D eigenvalue weighted by Crippen LogP contribution is 2.20. The van der Waals surface area contributed by atoms with Crippen LogP contribution in [0.5, 0.6) is 0 Å². The molecule has 2 nitrogen and oxygen atoms in total. The van der Waals surface area contributed by atoms with Gasteiger partial charge in [0.2, 0.25) is 0 Å². The first-order valence-corrected chi connectivity index (χ1v) is 6.00. The van der Waals surface area contributed by atoms with E-state index in [1.54, 1.807) is 0 Å². The van der Waals surface area contributed by atoms with E-state index in [4.69, 9.17) is 4.74 Å². The summed E-state index contributed by atoms with van der Waals surface area (Å²) in [6.07, 6.45) is 3.38. The van der Waals surface area contributed by atoms with Crippen molar-refractivity contribution >= 4 is 5.70 Å². The molecule has 1 aromatic carbocycles. The third kappa shape index (κ3) is 2.64. The Kier molecular flexibility index (Phi) is 4.00. The number of benzene rings is 1. The number of morpholine rings is 1. The van der Waals surface area contributed by atoms with Gasteiger partial charge in [-0.2, -0.15) is 0 Å². The predicted octanol–water partition coefficient (Wildman–Crippen LogP) is 2.77. The molecule has 0 unspecified atom stereocenters. The Morgan fingerprint density at radius 3 is 2.56 bits per heavy atom. The normalized spacial score (nSPS) is 17.6. The molecule has 86 valence electrons. The third-order valence-electron chi connectivity index (χ3n) is 2.82. The van der Waals surface area contributed by atoms with E-state index in [1.807, 2.05) is 0 Å². The van der Waals surface area contributed by atoms with Crippen LogP contribution in [0.15, 0.2) is 36.4 Å². The molecule has 0 aromatic heterocycles. The van der Waals surface area contributed by atoms with Gasteiger partial charge < -0.3 is 9.64 Å². The number of nitrogens with zero attached hydrogens (tertiary/aromatic N) is 1. The fourth-order valence-corrected chi connectivity index (χ4v) is 2.04. The van der Waals surface area contributed by atoms with E-state index in [9.17, 15) is 0 Å². The molecular weight excluding hydrogens is 198 g/mol. The smallest absolute Gasteiger partial charge is 0.0642 e. The van der Waals surface area contributed by atoms with Crippen LogP contribution in [0.1, 0.15) is 18.9 Å². The van der Waals surface area contributed by atoms with Crippen molar-refractivity contribution in [1.29, 1.82) is 0 Å². The van der Waals surface area contributed by atoms with Crippen LogP contribution >= 0.6 is 0 Å². The molecule has 0 radical (unpaired) electrons. The zero-order valence-corrected chi connectivity index (χ0v) is 9.86. The summed E-state index contributed by atoms with van der Waals surface area (Å²) in [5.41, 5.74) is 2.66. The highest BCUT2D eigenvalue weighted by atomic mass is 16.5. The van der Waals surface area contributed by atoms with Crippen LogP contribution in [0.25, 0.3) is 5.70 Å². The minimum Gasteiger partial charge on any atom is -0.378 e. The van der Waals surface area contributed by atoms with E-state index in [1.165, 1.54) is 11.3 Å². The first kappa shape index (κ1) is 11.2. The molecule has 1 aliphatic rings. The van der Waals surface area contributed by atoms with E-state index in [0.29, 0.717) is 0 Å². The Labute approximate surface area is 97.5 Å². The molecule has 1 aliphatic heterocycles. The zero-order valence-electron chi connectivity index (χ0n) is 9.86. The van der Waals surface area contributed by atoms with Crippen LogP contribution in [0, 0.1) is 0 Å².